The number of anilines is 1. The van der Waals surface area contributed by atoms with E-state index >= 15 is 0 Å². The topological polar surface area (TPSA) is 37.4 Å². The highest BCUT2D eigenvalue weighted by Gasteiger charge is 2.12. The van der Waals surface area contributed by atoms with E-state index in [0.29, 0.717) is 0 Å². The first kappa shape index (κ1) is 13.3. The molecule has 0 spiro atoms. The monoisotopic (exact) mass is 283 g/mol. The van der Waals surface area contributed by atoms with Gasteiger partial charge < -0.3 is 15.0 Å². The van der Waals surface area contributed by atoms with Crippen molar-refractivity contribution in [3.63, 3.8) is 0 Å². The molecule has 0 atom stereocenters. The first-order valence-corrected chi connectivity index (χ1v) is 7.39. The maximum Gasteiger partial charge on any atom is 0.230 e. The van der Waals surface area contributed by atoms with Gasteiger partial charge in [0.1, 0.15) is 0 Å². The molecule has 0 fully saturated rings. The minimum absolute atomic E-state index is 0.724. The molecule has 0 aromatic carbocycles. The maximum atomic E-state index is 5.30. The number of aromatic nitrogens is 1. The molecule has 2 aromatic heterocycles. The van der Waals surface area contributed by atoms with Gasteiger partial charge in [0.05, 0.1) is 12.0 Å². The van der Waals surface area contributed by atoms with Crippen molar-refractivity contribution in [3.8, 4) is 5.88 Å². The Labute approximate surface area is 115 Å². The summed E-state index contributed by atoms with van der Waals surface area (Å²) in [6, 6.07) is 2.13. The summed E-state index contributed by atoms with van der Waals surface area (Å²) in [5.41, 5.74) is 1.32. The van der Waals surface area contributed by atoms with Crippen LogP contribution in [0.15, 0.2) is 16.8 Å². The summed E-state index contributed by atoms with van der Waals surface area (Å²) in [5.74, 6) is 0.724. The van der Waals surface area contributed by atoms with Gasteiger partial charge >= 0.3 is 0 Å². The average Bonchev–Trinajstić information content (AvgIpc) is 2.97. The molecular weight excluding hydrogens is 266 g/mol. The maximum absolute atomic E-state index is 5.30. The molecule has 4 nitrogen and oxygen atoms in total. The summed E-state index contributed by atoms with van der Waals surface area (Å²) in [6.07, 6.45) is 0. The van der Waals surface area contributed by atoms with Gasteiger partial charge in [-0.15, -0.1) is 0 Å². The van der Waals surface area contributed by atoms with Gasteiger partial charge in [-0.2, -0.15) is 16.3 Å². The lowest BCUT2D eigenvalue weighted by Crippen LogP contribution is -2.11. The molecule has 1 N–H and O–H groups in total. The quantitative estimate of drug-likeness (QED) is 0.884. The smallest absolute Gasteiger partial charge is 0.230 e. The van der Waals surface area contributed by atoms with Crippen molar-refractivity contribution in [3.05, 3.63) is 27.3 Å². The van der Waals surface area contributed by atoms with Crippen LogP contribution in [-0.2, 0) is 13.1 Å². The number of hydrogen-bond acceptors (Lipinski definition) is 6. The Morgan fingerprint density at radius 2 is 2.22 bits per heavy atom. The number of thiazole rings is 1. The second-order valence-corrected chi connectivity index (χ2v) is 5.90. The Bertz CT molecular complexity index is 479. The summed E-state index contributed by atoms with van der Waals surface area (Å²) >= 11 is 3.38. The molecule has 98 valence electrons. The molecule has 6 heteroatoms. The molecule has 0 radical (unpaired) electrons. The third-order valence-electron chi connectivity index (χ3n) is 2.42. The molecule has 0 aliphatic carbocycles. The fourth-order valence-corrected chi connectivity index (χ4v) is 3.09. The lowest BCUT2D eigenvalue weighted by atomic mass is 10.3. The molecule has 2 aromatic rings. The van der Waals surface area contributed by atoms with E-state index in [1.807, 2.05) is 19.0 Å². The van der Waals surface area contributed by atoms with Crippen molar-refractivity contribution in [2.24, 2.45) is 0 Å². The minimum atomic E-state index is 0.724. The number of thiophene rings is 1. The Morgan fingerprint density at radius 1 is 1.39 bits per heavy atom. The highest BCUT2D eigenvalue weighted by atomic mass is 32.1. The standard InChI is InChI=1S/C12H17N3OS2/c1-15(2)12-14-11(16-3)10(18-12)7-13-6-9-4-5-17-8-9/h4-5,8,13H,6-7H2,1-3H3. The van der Waals surface area contributed by atoms with Crippen molar-refractivity contribution < 1.29 is 4.74 Å². The van der Waals surface area contributed by atoms with E-state index in [0.717, 1.165) is 29.0 Å². The molecule has 18 heavy (non-hydrogen) atoms. The molecule has 0 saturated carbocycles. The van der Waals surface area contributed by atoms with Crippen LogP contribution in [0.5, 0.6) is 5.88 Å². The highest BCUT2D eigenvalue weighted by Crippen LogP contribution is 2.30. The van der Waals surface area contributed by atoms with Crippen LogP contribution in [0.3, 0.4) is 0 Å². The summed E-state index contributed by atoms with van der Waals surface area (Å²) in [6.45, 7) is 1.66. The number of nitrogens with one attached hydrogen (secondary N) is 1. The predicted molar refractivity (Wildman–Crippen MR) is 77.9 cm³/mol. The van der Waals surface area contributed by atoms with Crippen LogP contribution in [0.25, 0.3) is 0 Å². The molecule has 2 rings (SSSR count). The Morgan fingerprint density at radius 3 is 2.83 bits per heavy atom. The van der Waals surface area contributed by atoms with E-state index in [1.165, 1.54) is 5.56 Å². The van der Waals surface area contributed by atoms with Gasteiger partial charge in [-0.05, 0) is 22.4 Å². The second-order valence-electron chi connectivity index (χ2n) is 4.06. The van der Waals surface area contributed by atoms with Crippen LogP contribution in [0.4, 0.5) is 5.13 Å². The van der Waals surface area contributed by atoms with Crippen molar-refractivity contribution in [1.82, 2.24) is 10.3 Å². The number of hydrogen-bond donors (Lipinski definition) is 1. The van der Waals surface area contributed by atoms with Crippen LogP contribution in [-0.4, -0.2) is 26.2 Å². The van der Waals surface area contributed by atoms with Gasteiger partial charge in [0.25, 0.3) is 0 Å². The molecule has 0 saturated heterocycles. The van der Waals surface area contributed by atoms with E-state index in [1.54, 1.807) is 29.8 Å². The zero-order valence-electron chi connectivity index (χ0n) is 10.8. The molecule has 0 bridgehead atoms. The Balaban J connectivity index is 1.95. The Hall–Kier alpha value is -1.11. The van der Waals surface area contributed by atoms with Crippen molar-refractivity contribution in [2.75, 3.05) is 26.1 Å². The lowest BCUT2D eigenvalue weighted by Gasteiger charge is -2.05. The van der Waals surface area contributed by atoms with E-state index in [9.17, 15) is 0 Å². The van der Waals surface area contributed by atoms with E-state index in [2.05, 4.69) is 27.1 Å². The van der Waals surface area contributed by atoms with Crippen LogP contribution in [0.1, 0.15) is 10.4 Å². The van der Waals surface area contributed by atoms with Crippen molar-refractivity contribution in [2.45, 2.75) is 13.1 Å². The first-order chi connectivity index (χ1) is 8.70. The lowest BCUT2D eigenvalue weighted by molar-refractivity contribution is 0.394. The van der Waals surface area contributed by atoms with Crippen molar-refractivity contribution in [1.29, 1.82) is 0 Å². The van der Waals surface area contributed by atoms with Gasteiger partial charge in [0.15, 0.2) is 5.13 Å². The SMILES string of the molecule is COc1nc(N(C)C)sc1CNCc1ccsc1. The minimum Gasteiger partial charge on any atom is -0.480 e. The fourth-order valence-electron chi connectivity index (χ4n) is 1.50. The summed E-state index contributed by atoms with van der Waals surface area (Å²) in [7, 11) is 5.64. The van der Waals surface area contributed by atoms with E-state index in [4.69, 9.17) is 4.74 Å². The first-order valence-electron chi connectivity index (χ1n) is 5.63. The molecule has 0 aliphatic heterocycles. The summed E-state index contributed by atoms with van der Waals surface area (Å²) < 4.78 is 5.30. The van der Waals surface area contributed by atoms with Crippen LogP contribution in [0, 0.1) is 0 Å². The normalized spacial score (nSPS) is 10.6. The average molecular weight is 283 g/mol. The molecule has 0 amide bonds. The second kappa shape index (κ2) is 6.17. The fraction of sp³-hybridized carbons (Fsp3) is 0.417. The van der Waals surface area contributed by atoms with E-state index in [-0.39, 0.29) is 0 Å². The molecular formula is C12H17N3OS2. The summed E-state index contributed by atoms with van der Waals surface area (Å²) in [5, 5.41) is 8.63. The third-order valence-corrected chi connectivity index (χ3v) is 4.36. The molecule has 0 unspecified atom stereocenters. The number of rotatable bonds is 6. The van der Waals surface area contributed by atoms with Gasteiger partial charge in [-0.25, -0.2) is 0 Å². The van der Waals surface area contributed by atoms with Crippen molar-refractivity contribution >= 4 is 27.8 Å². The highest BCUT2D eigenvalue weighted by molar-refractivity contribution is 7.15. The van der Waals surface area contributed by atoms with Crippen LogP contribution in [0.2, 0.25) is 0 Å². The zero-order valence-corrected chi connectivity index (χ0v) is 12.4. The zero-order chi connectivity index (χ0) is 13.0. The summed E-state index contributed by atoms with van der Waals surface area (Å²) in [4.78, 5) is 7.56. The molecule has 2 heterocycles. The van der Waals surface area contributed by atoms with Crippen LogP contribution < -0.4 is 15.0 Å². The third kappa shape index (κ3) is 3.22. The predicted octanol–water partition coefficient (Wildman–Crippen LogP) is 2.57. The van der Waals surface area contributed by atoms with Gasteiger partial charge in [-0.1, -0.05) is 11.3 Å². The Kier molecular flexibility index (Phi) is 4.57. The van der Waals surface area contributed by atoms with Gasteiger partial charge in [0.2, 0.25) is 5.88 Å². The van der Waals surface area contributed by atoms with Gasteiger partial charge in [0, 0.05) is 27.2 Å². The van der Waals surface area contributed by atoms with Crippen LogP contribution >= 0.6 is 22.7 Å². The number of methoxy groups -OCH3 is 1. The largest absolute Gasteiger partial charge is 0.480 e. The van der Waals surface area contributed by atoms with Gasteiger partial charge in [-0.3, -0.25) is 0 Å². The number of nitrogens with zero attached hydrogens (tertiary/aromatic N) is 2. The number of ether oxygens (including phenoxy) is 1. The molecule has 0 aliphatic rings. The van der Waals surface area contributed by atoms with E-state index < -0.39 is 0 Å².